The molecule has 64 heavy (non-hydrogen) atoms. The molecule has 3 N–H and O–H groups in total. The second kappa shape index (κ2) is 20.7. The van der Waals surface area contributed by atoms with E-state index in [0.29, 0.717) is 0 Å². The summed E-state index contributed by atoms with van der Waals surface area (Å²) >= 11 is 0. The van der Waals surface area contributed by atoms with Gasteiger partial charge in [0.25, 0.3) is 11.8 Å². The van der Waals surface area contributed by atoms with Gasteiger partial charge < -0.3 is 34.9 Å². The molecule has 1 aliphatic heterocycles. The third-order valence-electron chi connectivity index (χ3n) is 10.6. The quantitative estimate of drug-likeness (QED) is 0.117. The number of rotatable bonds is 17. The normalized spacial score (nSPS) is 15.0. The average Bonchev–Trinajstić information content (AvgIpc) is 3.69. The van der Waals surface area contributed by atoms with Crippen molar-refractivity contribution in [1.82, 2.24) is 35.2 Å². The summed E-state index contributed by atoms with van der Waals surface area (Å²) in [7, 11) is 4.94. The Balaban J connectivity index is 1.84. The Bertz CT molecular complexity index is 2150. The number of aromatic nitrogens is 1. The lowest BCUT2D eigenvalue weighted by Crippen LogP contribution is -2.62. The van der Waals surface area contributed by atoms with E-state index < -0.39 is 87.7 Å². The van der Waals surface area contributed by atoms with E-state index >= 15 is 0 Å². The Morgan fingerprint density at radius 2 is 1.39 bits per heavy atom. The Kier molecular flexibility index (Phi) is 16.9. The summed E-state index contributed by atoms with van der Waals surface area (Å²) in [4.78, 5) is 110. The van der Waals surface area contributed by atoms with E-state index in [9.17, 15) is 38.4 Å². The number of para-hydroxylation sites is 1. The second-order valence-electron chi connectivity index (χ2n) is 19.9. The molecule has 0 saturated carbocycles. The van der Waals surface area contributed by atoms with Crippen molar-refractivity contribution in [2.75, 3.05) is 33.7 Å². The average molecular weight is 892 g/mol. The minimum absolute atomic E-state index is 0.0655. The van der Waals surface area contributed by atoms with Crippen molar-refractivity contribution in [1.29, 1.82) is 0 Å². The van der Waals surface area contributed by atoms with Gasteiger partial charge in [-0.3, -0.25) is 43.4 Å². The van der Waals surface area contributed by atoms with Gasteiger partial charge in [-0.1, -0.05) is 58.9 Å². The topological polar surface area (TPSA) is 206 Å². The van der Waals surface area contributed by atoms with Crippen molar-refractivity contribution in [3.8, 4) is 0 Å². The molecule has 0 radical (unpaired) electrons. The minimum atomic E-state index is -1.20. The Morgan fingerprint density at radius 3 is 1.95 bits per heavy atom. The maximum atomic E-state index is 14.7. The van der Waals surface area contributed by atoms with Crippen LogP contribution in [0.15, 0.2) is 54.3 Å². The lowest BCUT2D eigenvalue weighted by Gasteiger charge is -2.41. The van der Waals surface area contributed by atoms with E-state index in [-0.39, 0.29) is 38.0 Å². The first kappa shape index (κ1) is 52.3. The summed E-state index contributed by atoms with van der Waals surface area (Å²) in [6.07, 6.45) is 4.67. The highest BCUT2D eigenvalue weighted by Crippen LogP contribution is 2.37. The van der Waals surface area contributed by atoms with E-state index in [1.165, 1.54) is 36.9 Å². The number of esters is 1. The van der Waals surface area contributed by atoms with Crippen LogP contribution in [0.5, 0.6) is 0 Å². The number of nitrogens with one attached hydrogen (secondary N) is 3. The zero-order valence-electron chi connectivity index (χ0n) is 40.3. The molecule has 1 aromatic carbocycles. The minimum Gasteiger partial charge on any atom is -0.460 e. The summed E-state index contributed by atoms with van der Waals surface area (Å²) < 4.78 is 13.1. The number of hydrogen-bond acceptors (Lipinski definition) is 10. The summed E-state index contributed by atoms with van der Waals surface area (Å²) in [6.45, 7) is 20.7. The molecule has 0 spiro atoms. The van der Waals surface area contributed by atoms with Gasteiger partial charge in [-0.2, -0.15) is 0 Å². The molecule has 352 valence electrons. The molecular weight excluding hydrogens is 823 g/mol. The van der Waals surface area contributed by atoms with Gasteiger partial charge in [0.1, 0.15) is 29.3 Å². The van der Waals surface area contributed by atoms with Crippen LogP contribution in [-0.2, 0) is 55.5 Å². The predicted molar refractivity (Wildman–Crippen MR) is 242 cm³/mol. The molecule has 0 fully saturated rings. The van der Waals surface area contributed by atoms with Crippen LogP contribution in [0.25, 0.3) is 10.9 Å². The maximum Gasteiger partial charge on any atom is 0.410 e. The van der Waals surface area contributed by atoms with Crippen LogP contribution < -0.4 is 16.0 Å². The summed E-state index contributed by atoms with van der Waals surface area (Å²) in [6, 6.07) is 4.33. The van der Waals surface area contributed by atoms with Crippen molar-refractivity contribution < 1.29 is 47.8 Å². The number of benzene rings is 1. The Labute approximate surface area is 377 Å². The van der Waals surface area contributed by atoms with Gasteiger partial charge in [0.15, 0.2) is 0 Å². The van der Waals surface area contributed by atoms with E-state index in [1.54, 1.807) is 62.3 Å². The zero-order chi connectivity index (χ0) is 48.7. The molecule has 3 atom stereocenters. The van der Waals surface area contributed by atoms with Crippen LogP contribution in [0.2, 0.25) is 0 Å². The van der Waals surface area contributed by atoms with Gasteiger partial charge in [0.2, 0.25) is 23.6 Å². The number of fused-ring (bicyclic) bond motifs is 1. The molecule has 2 aromatic rings. The molecule has 0 saturated heterocycles. The molecule has 17 heteroatoms. The lowest BCUT2D eigenvalue weighted by atomic mass is 9.76. The van der Waals surface area contributed by atoms with Crippen molar-refractivity contribution in [2.24, 2.45) is 12.5 Å². The number of imide groups is 1. The van der Waals surface area contributed by atoms with Gasteiger partial charge >= 0.3 is 12.1 Å². The zero-order valence-corrected chi connectivity index (χ0v) is 40.3. The third kappa shape index (κ3) is 14.0. The molecule has 1 aromatic heterocycles. The first-order chi connectivity index (χ1) is 29.3. The SMILES string of the molecule is C/C(=C\CN(C)C(=O)C(NC(=O)[C@@H](N(C)C(=O)OC(C)(C)C)C(C)(C)c1cn(C)c2ccccc12)C(C)(C)C)C(=O)N[C@@H](CCC(=O)OC(C)(C)C)C(=O)NCCN1C(=O)C=CC1=O. The van der Waals surface area contributed by atoms with E-state index in [1.807, 2.05) is 55.9 Å². The van der Waals surface area contributed by atoms with Crippen molar-refractivity contribution in [3.05, 3.63) is 59.8 Å². The molecule has 1 unspecified atom stereocenters. The van der Waals surface area contributed by atoms with Crippen molar-refractivity contribution >= 4 is 58.4 Å². The van der Waals surface area contributed by atoms with Crippen LogP contribution >= 0.6 is 0 Å². The highest BCUT2D eigenvalue weighted by molar-refractivity contribution is 6.13. The number of carbonyl (C=O) groups excluding carboxylic acids is 8. The monoisotopic (exact) mass is 892 g/mol. The fourth-order valence-corrected chi connectivity index (χ4v) is 7.24. The lowest BCUT2D eigenvalue weighted by molar-refractivity contribution is -0.155. The first-order valence-corrected chi connectivity index (χ1v) is 21.4. The molecule has 1 aliphatic rings. The summed E-state index contributed by atoms with van der Waals surface area (Å²) in [5, 5.41) is 9.15. The molecular formula is C47H69N7O10. The second-order valence-corrected chi connectivity index (χ2v) is 19.9. The number of hydrogen-bond donors (Lipinski definition) is 3. The maximum absolute atomic E-state index is 14.7. The Hall–Kier alpha value is -6.00. The summed E-state index contributed by atoms with van der Waals surface area (Å²) in [5.74, 6) is -3.94. The van der Waals surface area contributed by atoms with E-state index in [2.05, 4.69) is 16.0 Å². The van der Waals surface area contributed by atoms with Crippen LogP contribution in [0.4, 0.5) is 4.79 Å². The van der Waals surface area contributed by atoms with Gasteiger partial charge in [-0.15, -0.1) is 0 Å². The highest BCUT2D eigenvalue weighted by atomic mass is 16.6. The molecule has 2 heterocycles. The highest BCUT2D eigenvalue weighted by Gasteiger charge is 2.46. The number of nitrogens with zero attached hydrogens (tertiary/aromatic N) is 4. The fraction of sp³-hybridized carbons (Fsp3) is 0.574. The van der Waals surface area contributed by atoms with Crippen LogP contribution in [0.1, 0.15) is 101 Å². The van der Waals surface area contributed by atoms with Gasteiger partial charge in [-0.25, -0.2) is 4.79 Å². The molecule has 0 bridgehead atoms. The molecule has 3 rings (SSSR count). The molecule has 7 amide bonds. The molecule has 0 aliphatic carbocycles. The van der Waals surface area contributed by atoms with Crippen molar-refractivity contribution in [3.63, 3.8) is 0 Å². The number of likely N-dealkylation sites (N-methyl/N-ethyl adjacent to an activating group) is 2. The smallest absolute Gasteiger partial charge is 0.410 e. The number of amides is 7. The summed E-state index contributed by atoms with van der Waals surface area (Å²) in [5.41, 5.74) is -1.55. The van der Waals surface area contributed by atoms with Crippen molar-refractivity contribution in [2.45, 2.75) is 131 Å². The molecule has 17 nitrogen and oxygen atoms in total. The van der Waals surface area contributed by atoms with Gasteiger partial charge in [-0.05, 0) is 71.9 Å². The first-order valence-electron chi connectivity index (χ1n) is 21.4. The predicted octanol–water partition coefficient (Wildman–Crippen LogP) is 4.27. The van der Waals surface area contributed by atoms with Crippen LogP contribution in [0, 0.1) is 5.41 Å². The van der Waals surface area contributed by atoms with Crippen LogP contribution in [0.3, 0.4) is 0 Å². The van der Waals surface area contributed by atoms with Gasteiger partial charge in [0, 0.05) is 87.4 Å². The fourth-order valence-electron chi connectivity index (χ4n) is 7.24. The standard InChI is InChI=1S/C47H69N7O10/c1-29(39(58)49-32(20-23-36(57)63-45(5,6)7)40(59)48-25-27-54-34(55)21-22-35(54)56)24-26-51(13)42(61)37(44(2,3)4)50-41(60)38(53(15)43(62)64-46(8,9)10)47(11,12)31-28-52(14)33-19-17-16-18-30(31)33/h16-19,21-22,24,28,32,37-38H,20,23,25-27H2,1-15H3,(H,48,59)(H,49,58)(H,50,60)/b29-24+/t32-,37?,38+/m0/s1. The Morgan fingerprint density at radius 1 is 0.812 bits per heavy atom. The van der Waals surface area contributed by atoms with Gasteiger partial charge in [0.05, 0.1) is 0 Å². The number of ether oxygens (including phenoxy) is 2. The van der Waals surface area contributed by atoms with E-state index in [4.69, 9.17) is 9.47 Å². The van der Waals surface area contributed by atoms with E-state index in [0.717, 1.165) is 33.5 Å². The third-order valence-corrected chi connectivity index (χ3v) is 10.6. The number of carbonyl (C=O) groups is 8. The number of aryl methyl sites for hydroxylation is 1. The van der Waals surface area contributed by atoms with Crippen LogP contribution in [-0.4, -0.2) is 130 Å². The largest absolute Gasteiger partial charge is 0.460 e.